The standard InChI is InChI=1S/C20H26N6S.HI/c1-13-14(2)27-19(24-13)12-23-20(21-3)22-11-15-10-18(26(4)5)25-17-9-7-6-8-16(15)17;/h6-10H,11-12H2,1-5H3,(H2,21,22,23);1H. The van der Waals surface area contributed by atoms with Crippen LogP contribution in [0.2, 0.25) is 0 Å². The molecule has 0 unspecified atom stereocenters. The topological polar surface area (TPSA) is 65.4 Å². The summed E-state index contributed by atoms with van der Waals surface area (Å²) in [7, 11) is 5.79. The van der Waals surface area contributed by atoms with Crippen molar-refractivity contribution in [2.75, 3.05) is 26.0 Å². The molecule has 150 valence electrons. The van der Waals surface area contributed by atoms with Crippen LogP contribution in [0.1, 0.15) is 21.1 Å². The number of aliphatic imine (C=N–C) groups is 1. The number of para-hydroxylation sites is 1. The van der Waals surface area contributed by atoms with Gasteiger partial charge in [0.25, 0.3) is 0 Å². The van der Waals surface area contributed by atoms with Crippen molar-refractivity contribution in [3.63, 3.8) is 0 Å². The van der Waals surface area contributed by atoms with Crippen LogP contribution in [0.5, 0.6) is 0 Å². The number of hydrogen-bond acceptors (Lipinski definition) is 5. The van der Waals surface area contributed by atoms with Crippen LogP contribution < -0.4 is 15.5 Å². The lowest BCUT2D eigenvalue weighted by Gasteiger charge is -2.16. The molecule has 0 amide bonds. The van der Waals surface area contributed by atoms with E-state index in [0.29, 0.717) is 13.1 Å². The molecule has 0 fully saturated rings. The van der Waals surface area contributed by atoms with Crippen LogP contribution in [0.4, 0.5) is 5.82 Å². The highest BCUT2D eigenvalue weighted by Gasteiger charge is 2.09. The summed E-state index contributed by atoms with van der Waals surface area (Å²) in [4.78, 5) is 16.9. The third kappa shape index (κ3) is 5.32. The SMILES string of the molecule is CN=C(NCc1nc(C)c(C)s1)NCc1cc(N(C)C)nc2ccccc12.I. The highest BCUT2D eigenvalue weighted by atomic mass is 127. The molecule has 2 N–H and O–H groups in total. The molecular formula is C20H27IN6S. The number of rotatable bonds is 5. The van der Waals surface area contributed by atoms with Gasteiger partial charge in [-0.05, 0) is 31.5 Å². The average Bonchev–Trinajstić information content (AvgIpc) is 2.99. The van der Waals surface area contributed by atoms with Crippen LogP contribution in [0.15, 0.2) is 35.3 Å². The summed E-state index contributed by atoms with van der Waals surface area (Å²) in [6.07, 6.45) is 0. The van der Waals surface area contributed by atoms with Crippen LogP contribution in [-0.2, 0) is 13.1 Å². The molecule has 3 aromatic rings. The van der Waals surface area contributed by atoms with E-state index in [1.54, 1.807) is 18.4 Å². The summed E-state index contributed by atoms with van der Waals surface area (Å²) in [5.74, 6) is 1.70. The Morgan fingerprint density at radius 1 is 1.11 bits per heavy atom. The second kappa shape index (κ2) is 10.0. The van der Waals surface area contributed by atoms with Crippen LogP contribution in [0.3, 0.4) is 0 Å². The number of aryl methyl sites for hydroxylation is 2. The number of fused-ring (bicyclic) bond motifs is 1. The number of aromatic nitrogens is 2. The van der Waals surface area contributed by atoms with Crippen LogP contribution in [0, 0.1) is 13.8 Å². The molecule has 6 nitrogen and oxygen atoms in total. The van der Waals surface area contributed by atoms with Crippen molar-refractivity contribution < 1.29 is 0 Å². The van der Waals surface area contributed by atoms with Gasteiger partial charge in [0.15, 0.2) is 5.96 Å². The molecule has 8 heteroatoms. The number of anilines is 1. The minimum Gasteiger partial charge on any atom is -0.363 e. The zero-order chi connectivity index (χ0) is 19.4. The summed E-state index contributed by atoms with van der Waals surface area (Å²) in [6, 6.07) is 10.3. The van der Waals surface area contributed by atoms with E-state index in [0.717, 1.165) is 33.4 Å². The molecule has 2 heterocycles. The van der Waals surface area contributed by atoms with Gasteiger partial charge < -0.3 is 15.5 Å². The summed E-state index contributed by atoms with van der Waals surface area (Å²) >= 11 is 1.72. The maximum Gasteiger partial charge on any atom is 0.191 e. The lowest BCUT2D eigenvalue weighted by molar-refractivity contribution is 0.805. The molecule has 2 aromatic heterocycles. The fraction of sp³-hybridized carbons (Fsp3) is 0.350. The average molecular weight is 510 g/mol. The fourth-order valence-corrected chi connectivity index (χ4v) is 3.65. The number of nitrogens with one attached hydrogen (secondary N) is 2. The van der Waals surface area contributed by atoms with Gasteiger partial charge in [-0.1, -0.05) is 18.2 Å². The van der Waals surface area contributed by atoms with Crippen molar-refractivity contribution in [2.24, 2.45) is 4.99 Å². The minimum atomic E-state index is 0. The molecule has 3 rings (SSSR count). The van der Waals surface area contributed by atoms with Gasteiger partial charge >= 0.3 is 0 Å². The summed E-state index contributed by atoms with van der Waals surface area (Å²) in [5.41, 5.74) is 3.28. The molecule has 0 saturated carbocycles. The quantitative estimate of drug-likeness (QED) is 0.310. The Labute approximate surface area is 187 Å². The van der Waals surface area contributed by atoms with Gasteiger partial charge in [-0.15, -0.1) is 35.3 Å². The van der Waals surface area contributed by atoms with E-state index in [1.807, 2.05) is 44.1 Å². The van der Waals surface area contributed by atoms with E-state index >= 15 is 0 Å². The second-order valence-corrected chi connectivity index (χ2v) is 7.87. The highest BCUT2D eigenvalue weighted by Crippen LogP contribution is 2.22. The summed E-state index contributed by atoms with van der Waals surface area (Å²) in [6.45, 7) is 5.47. The Morgan fingerprint density at radius 2 is 1.82 bits per heavy atom. The monoisotopic (exact) mass is 510 g/mol. The first-order valence-corrected chi connectivity index (χ1v) is 9.73. The van der Waals surface area contributed by atoms with Gasteiger partial charge in [0.05, 0.1) is 17.8 Å². The van der Waals surface area contributed by atoms with Gasteiger partial charge in [-0.2, -0.15) is 0 Å². The van der Waals surface area contributed by atoms with Crippen LogP contribution >= 0.6 is 35.3 Å². The van der Waals surface area contributed by atoms with Crippen molar-refractivity contribution in [1.29, 1.82) is 0 Å². The van der Waals surface area contributed by atoms with Gasteiger partial charge in [0.2, 0.25) is 0 Å². The maximum absolute atomic E-state index is 4.71. The number of hydrogen-bond donors (Lipinski definition) is 2. The third-order valence-corrected chi connectivity index (χ3v) is 5.47. The normalized spacial score (nSPS) is 11.2. The molecule has 0 bridgehead atoms. The maximum atomic E-state index is 4.71. The zero-order valence-corrected chi connectivity index (χ0v) is 20.1. The number of halogens is 1. The van der Waals surface area contributed by atoms with Gasteiger partial charge in [0.1, 0.15) is 10.8 Å². The molecule has 0 aliphatic rings. The minimum absolute atomic E-state index is 0. The van der Waals surface area contributed by atoms with Crippen molar-refractivity contribution in [3.05, 3.63) is 51.5 Å². The van der Waals surface area contributed by atoms with E-state index < -0.39 is 0 Å². The number of benzene rings is 1. The molecule has 0 spiro atoms. The first-order chi connectivity index (χ1) is 13.0. The number of nitrogens with zero attached hydrogens (tertiary/aromatic N) is 4. The first-order valence-electron chi connectivity index (χ1n) is 8.91. The number of thiazole rings is 1. The molecule has 28 heavy (non-hydrogen) atoms. The van der Waals surface area contributed by atoms with Gasteiger partial charge in [-0.3, -0.25) is 4.99 Å². The van der Waals surface area contributed by atoms with Crippen molar-refractivity contribution >= 4 is 58.0 Å². The molecular weight excluding hydrogens is 483 g/mol. The van der Waals surface area contributed by atoms with Crippen molar-refractivity contribution in [2.45, 2.75) is 26.9 Å². The Hall–Kier alpha value is -1.94. The van der Waals surface area contributed by atoms with E-state index in [1.165, 1.54) is 10.4 Å². The summed E-state index contributed by atoms with van der Waals surface area (Å²) in [5, 5.41) is 8.96. The summed E-state index contributed by atoms with van der Waals surface area (Å²) < 4.78 is 0. The van der Waals surface area contributed by atoms with Gasteiger partial charge in [-0.25, -0.2) is 9.97 Å². The largest absolute Gasteiger partial charge is 0.363 e. The lowest BCUT2D eigenvalue weighted by Crippen LogP contribution is -2.36. The zero-order valence-electron chi connectivity index (χ0n) is 16.9. The number of pyridine rings is 1. The Kier molecular flexibility index (Phi) is 7.99. The van der Waals surface area contributed by atoms with E-state index in [2.05, 4.69) is 39.7 Å². The molecule has 0 atom stereocenters. The molecule has 0 saturated heterocycles. The molecule has 1 aromatic carbocycles. The Bertz CT molecular complexity index is 947. The van der Waals surface area contributed by atoms with E-state index in [-0.39, 0.29) is 24.0 Å². The third-order valence-electron chi connectivity index (χ3n) is 4.40. The predicted octanol–water partition coefficient (Wildman–Crippen LogP) is 3.86. The second-order valence-electron chi connectivity index (χ2n) is 6.58. The van der Waals surface area contributed by atoms with Crippen molar-refractivity contribution in [3.8, 4) is 0 Å². The fourth-order valence-electron chi connectivity index (χ4n) is 2.78. The number of guanidine groups is 1. The van der Waals surface area contributed by atoms with Crippen LogP contribution in [-0.4, -0.2) is 37.1 Å². The molecule has 0 aliphatic carbocycles. The first kappa shape index (κ1) is 22.4. The predicted molar refractivity (Wildman–Crippen MR) is 130 cm³/mol. The van der Waals surface area contributed by atoms with Gasteiger partial charge in [0, 0.05) is 38.0 Å². The smallest absolute Gasteiger partial charge is 0.191 e. The van der Waals surface area contributed by atoms with Crippen LogP contribution in [0.25, 0.3) is 10.9 Å². The van der Waals surface area contributed by atoms with E-state index in [9.17, 15) is 0 Å². The Balaban J connectivity index is 0.00000280. The lowest BCUT2D eigenvalue weighted by atomic mass is 10.1. The molecule has 0 radical (unpaired) electrons. The highest BCUT2D eigenvalue weighted by molar-refractivity contribution is 14.0. The Morgan fingerprint density at radius 3 is 2.46 bits per heavy atom. The van der Waals surface area contributed by atoms with E-state index in [4.69, 9.17) is 4.98 Å². The van der Waals surface area contributed by atoms with Crippen molar-refractivity contribution in [1.82, 2.24) is 20.6 Å². The molecule has 0 aliphatic heterocycles.